The normalized spacial score (nSPS) is 9.00. The summed E-state index contributed by atoms with van der Waals surface area (Å²) in [6.07, 6.45) is 1.60. The molecule has 0 saturated heterocycles. The van der Waals surface area contributed by atoms with E-state index in [0.717, 1.165) is 11.1 Å². The molecule has 0 heterocycles. The van der Waals surface area contributed by atoms with Gasteiger partial charge < -0.3 is 11.6 Å². The van der Waals surface area contributed by atoms with Crippen LogP contribution in [0.3, 0.4) is 0 Å². The summed E-state index contributed by atoms with van der Waals surface area (Å²) >= 11 is 0. The first kappa shape index (κ1) is 14.7. The third-order valence-electron chi connectivity index (χ3n) is 1.44. The number of hydrogen-bond donors (Lipinski definition) is 2. The Morgan fingerprint density at radius 2 is 1.69 bits per heavy atom. The quantitative estimate of drug-likeness (QED) is 0.449. The van der Waals surface area contributed by atoms with Gasteiger partial charge >= 0.3 is 0 Å². The Bertz CT molecular complexity index is 246. The van der Waals surface area contributed by atoms with Gasteiger partial charge in [0.25, 0.3) is 0 Å². The molecule has 1 rings (SSSR count). The fourth-order valence-electron chi connectivity index (χ4n) is 0.826. The zero-order valence-electron chi connectivity index (χ0n) is 7.01. The number of halogens is 2. The molecule has 5 heteroatoms. The monoisotopic (exact) mass is 221 g/mol. The van der Waals surface area contributed by atoms with Gasteiger partial charge in [-0.05, 0) is 11.1 Å². The zero-order valence-corrected chi connectivity index (χ0v) is 8.65. The molecule has 4 N–H and O–H groups in total. The van der Waals surface area contributed by atoms with Crippen LogP contribution in [0.25, 0.3) is 0 Å². The van der Waals surface area contributed by atoms with Gasteiger partial charge in [0.2, 0.25) is 0 Å². The predicted octanol–water partition coefficient (Wildman–Crippen LogP) is 1.28. The summed E-state index contributed by atoms with van der Waals surface area (Å²) in [7, 11) is 0. The topological polar surface area (TPSA) is 64.4 Å². The molecule has 0 fully saturated rings. The summed E-state index contributed by atoms with van der Waals surface area (Å²) in [4.78, 5) is 0. The van der Waals surface area contributed by atoms with Crippen molar-refractivity contribution in [2.45, 2.75) is 6.54 Å². The highest BCUT2D eigenvalue weighted by molar-refractivity contribution is 5.85. The van der Waals surface area contributed by atoms with Gasteiger partial charge in [-0.2, -0.15) is 5.10 Å². The molecule has 13 heavy (non-hydrogen) atoms. The minimum Gasteiger partial charge on any atom is -0.326 e. The molecule has 74 valence electrons. The van der Waals surface area contributed by atoms with Gasteiger partial charge in [0.15, 0.2) is 0 Å². The molecule has 0 aliphatic heterocycles. The van der Waals surface area contributed by atoms with E-state index in [2.05, 4.69) is 5.10 Å². The average Bonchev–Trinajstić information content (AvgIpc) is 2.07. The van der Waals surface area contributed by atoms with Crippen molar-refractivity contribution in [2.24, 2.45) is 16.7 Å². The molecular weight excluding hydrogens is 209 g/mol. The van der Waals surface area contributed by atoms with Crippen molar-refractivity contribution in [1.82, 2.24) is 0 Å². The fourth-order valence-corrected chi connectivity index (χ4v) is 0.826. The van der Waals surface area contributed by atoms with E-state index in [-0.39, 0.29) is 24.8 Å². The van der Waals surface area contributed by atoms with Crippen molar-refractivity contribution in [3.05, 3.63) is 35.4 Å². The lowest BCUT2D eigenvalue weighted by molar-refractivity contribution is 1.07. The highest BCUT2D eigenvalue weighted by atomic mass is 35.5. The summed E-state index contributed by atoms with van der Waals surface area (Å²) in [5, 5.41) is 3.41. The highest BCUT2D eigenvalue weighted by Crippen LogP contribution is 2.00. The van der Waals surface area contributed by atoms with Gasteiger partial charge in [0, 0.05) is 6.54 Å². The van der Waals surface area contributed by atoms with E-state index in [1.165, 1.54) is 0 Å². The van der Waals surface area contributed by atoms with Crippen LogP contribution in [0.2, 0.25) is 0 Å². The second-order valence-corrected chi connectivity index (χ2v) is 2.22. The second-order valence-electron chi connectivity index (χ2n) is 2.22. The highest BCUT2D eigenvalue weighted by Gasteiger charge is 1.88. The Hall–Kier alpha value is -0.770. The van der Waals surface area contributed by atoms with Gasteiger partial charge in [-0.25, -0.2) is 0 Å². The van der Waals surface area contributed by atoms with Crippen LogP contribution >= 0.6 is 24.8 Å². The third kappa shape index (κ3) is 4.72. The maximum atomic E-state index is 5.42. The molecule has 0 aliphatic rings. The van der Waals surface area contributed by atoms with Crippen LogP contribution in [0.15, 0.2) is 29.4 Å². The smallest absolute Gasteiger partial charge is 0.0538 e. The van der Waals surface area contributed by atoms with E-state index < -0.39 is 0 Å². The molecule has 0 atom stereocenters. The number of nitrogens with zero attached hydrogens (tertiary/aromatic N) is 1. The lowest BCUT2D eigenvalue weighted by Gasteiger charge is -1.95. The lowest BCUT2D eigenvalue weighted by atomic mass is 10.1. The number of hydrazone groups is 1. The first-order valence-electron chi connectivity index (χ1n) is 3.39. The molecule has 1 aromatic rings. The maximum Gasteiger partial charge on any atom is 0.0538 e. The molecule has 0 amide bonds. The summed E-state index contributed by atoms with van der Waals surface area (Å²) in [6, 6.07) is 7.77. The van der Waals surface area contributed by atoms with Gasteiger partial charge in [-0.1, -0.05) is 24.3 Å². The lowest BCUT2D eigenvalue weighted by Crippen LogP contribution is -1.96. The van der Waals surface area contributed by atoms with E-state index in [0.29, 0.717) is 6.54 Å². The molecule has 0 aromatic heterocycles. The summed E-state index contributed by atoms with van der Waals surface area (Å²) in [5.41, 5.74) is 7.52. The van der Waals surface area contributed by atoms with E-state index in [1.807, 2.05) is 24.3 Å². The van der Waals surface area contributed by atoms with E-state index in [4.69, 9.17) is 11.6 Å². The summed E-state index contributed by atoms with van der Waals surface area (Å²) in [5.74, 6) is 4.98. The Morgan fingerprint density at radius 1 is 1.15 bits per heavy atom. The molecule has 0 saturated carbocycles. The molecule has 0 radical (unpaired) electrons. The SMILES string of the molecule is Cl.Cl.NCc1ccc(/C=N/N)cc1. The minimum atomic E-state index is 0. The maximum absolute atomic E-state index is 5.42. The third-order valence-corrected chi connectivity index (χ3v) is 1.44. The number of benzene rings is 1. The van der Waals surface area contributed by atoms with Crippen LogP contribution in [0, 0.1) is 0 Å². The predicted molar refractivity (Wildman–Crippen MR) is 60.6 cm³/mol. The largest absolute Gasteiger partial charge is 0.326 e. The Labute approximate surface area is 90.0 Å². The van der Waals surface area contributed by atoms with E-state index >= 15 is 0 Å². The standard InChI is InChI=1S/C8H11N3.2ClH/c9-5-7-1-3-8(4-2-7)6-11-10;;/h1-4,6H,5,9-10H2;2*1H/b11-6+;;. The van der Waals surface area contributed by atoms with Crippen LogP contribution in [-0.2, 0) is 6.54 Å². The van der Waals surface area contributed by atoms with Crippen molar-refractivity contribution >= 4 is 31.0 Å². The van der Waals surface area contributed by atoms with E-state index in [1.54, 1.807) is 6.21 Å². The Morgan fingerprint density at radius 3 is 2.08 bits per heavy atom. The van der Waals surface area contributed by atoms with Gasteiger partial charge in [-0.15, -0.1) is 24.8 Å². The van der Waals surface area contributed by atoms with Crippen molar-refractivity contribution in [3.63, 3.8) is 0 Å². The van der Waals surface area contributed by atoms with Gasteiger partial charge in [-0.3, -0.25) is 0 Å². The molecule has 0 aliphatic carbocycles. The van der Waals surface area contributed by atoms with Crippen molar-refractivity contribution < 1.29 is 0 Å². The summed E-state index contributed by atoms with van der Waals surface area (Å²) < 4.78 is 0. The van der Waals surface area contributed by atoms with Crippen LogP contribution < -0.4 is 11.6 Å². The molecule has 0 bridgehead atoms. The van der Waals surface area contributed by atoms with Crippen molar-refractivity contribution in [3.8, 4) is 0 Å². The van der Waals surface area contributed by atoms with Gasteiger partial charge in [0.05, 0.1) is 6.21 Å². The first-order chi connectivity index (χ1) is 5.36. The molecule has 1 aromatic carbocycles. The minimum absolute atomic E-state index is 0. The molecular formula is C8H13Cl2N3. The second kappa shape index (κ2) is 7.86. The summed E-state index contributed by atoms with van der Waals surface area (Å²) in [6.45, 7) is 0.569. The average molecular weight is 222 g/mol. The molecule has 3 nitrogen and oxygen atoms in total. The zero-order chi connectivity index (χ0) is 8.10. The van der Waals surface area contributed by atoms with Crippen LogP contribution in [0.5, 0.6) is 0 Å². The van der Waals surface area contributed by atoms with Crippen LogP contribution in [-0.4, -0.2) is 6.21 Å². The Kier molecular flexibility index (Phi) is 8.91. The fraction of sp³-hybridized carbons (Fsp3) is 0.125. The molecule has 0 unspecified atom stereocenters. The first-order valence-corrected chi connectivity index (χ1v) is 3.39. The Balaban J connectivity index is 0. The number of nitrogens with two attached hydrogens (primary N) is 2. The van der Waals surface area contributed by atoms with Crippen LogP contribution in [0.4, 0.5) is 0 Å². The van der Waals surface area contributed by atoms with Crippen molar-refractivity contribution in [1.29, 1.82) is 0 Å². The van der Waals surface area contributed by atoms with Gasteiger partial charge in [0.1, 0.15) is 0 Å². The molecule has 0 spiro atoms. The van der Waals surface area contributed by atoms with E-state index in [9.17, 15) is 0 Å². The number of rotatable bonds is 2. The van der Waals surface area contributed by atoms with Crippen molar-refractivity contribution in [2.75, 3.05) is 0 Å². The van der Waals surface area contributed by atoms with Crippen LogP contribution in [0.1, 0.15) is 11.1 Å². The number of hydrogen-bond acceptors (Lipinski definition) is 3.